The van der Waals surface area contributed by atoms with Crippen LogP contribution in [0.4, 0.5) is 5.82 Å². The normalized spacial score (nSPS) is 11.2. The Balaban J connectivity index is 1.88. The van der Waals surface area contributed by atoms with Crippen molar-refractivity contribution in [2.45, 2.75) is 33.2 Å². The topological polar surface area (TPSA) is 71.0 Å². The van der Waals surface area contributed by atoms with Crippen molar-refractivity contribution in [1.82, 2.24) is 15.6 Å². The Morgan fingerprint density at radius 3 is 2.63 bits per heavy atom. The second-order valence-electron chi connectivity index (χ2n) is 7.03. The predicted octanol–water partition coefficient (Wildman–Crippen LogP) is 3.24. The molecule has 0 aliphatic carbocycles. The van der Waals surface area contributed by atoms with Gasteiger partial charge in [-0.05, 0) is 56.5 Å². The van der Waals surface area contributed by atoms with Gasteiger partial charge in [0, 0.05) is 27.2 Å². The quantitative estimate of drug-likeness (QED) is 0.335. The number of hydrogen-bond donors (Lipinski definition) is 2. The molecule has 0 saturated heterocycles. The van der Waals surface area contributed by atoms with E-state index in [1.165, 1.54) is 5.56 Å². The fraction of sp³-hybridized carbons (Fsp3) is 0.478. The van der Waals surface area contributed by atoms with Crippen molar-refractivity contribution in [3.63, 3.8) is 0 Å². The molecule has 0 unspecified atom stereocenters. The smallest absolute Gasteiger partial charge is 0.191 e. The Labute approximate surface area is 180 Å². The highest BCUT2D eigenvalue weighted by molar-refractivity contribution is 5.79. The number of aryl methyl sites for hydroxylation is 1. The van der Waals surface area contributed by atoms with Crippen molar-refractivity contribution in [2.75, 3.05) is 45.8 Å². The van der Waals surface area contributed by atoms with Crippen LogP contribution in [0.1, 0.15) is 31.5 Å². The summed E-state index contributed by atoms with van der Waals surface area (Å²) in [7, 11) is 5.64. The van der Waals surface area contributed by atoms with E-state index >= 15 is 0 Å². The van der Waals surface area contributed by atoms with Crippen molar-refractivity contribution < 1.29 is 9.47 Å². The summed E-state index contributed by atoms with van der Waals surface area (Å²) in [5.74, 6) is 3.31. The molecule has 1 heterocycles. The molecule has 7 nitrogen and oxygen atoms in total. The number of nitrogens with one attached hydrogen (secondary N) is 2. The van der Waals surface area contributed by atoms with Gasteiger partial charge in [0.1, 0.15) is 5.82 Å². The summed E-state index contributed by atoms with van der Waals surface area (Å²) in [4.78, 5) is 11.3. The molecular formula is C23H35N5O2. The van der Waals surface area contributed by atoms with Gasteiger partial charge in [0.05, 0.1) is 26.0 Å². The van der Waals surface area contributed by atoms with Gasteiger partial charge >= 0.3 is 0 Å². The van der Waals surface area contributed by atoms with Crippen molar-refractivity contribution >= 4 is 11.8 Å². The van der Waals surface area contributed by atoms with E-state index in [1.807, 2.05) is 50.2 Å². The summed E-state index contributed by atoms with van der Waals surface area (Å²) in [6, 6.07) is 12.1. The lowest BCUT2D eigenvalue weighted by Gasteiger charge is -2.13. The minimum Gasteiger partial charge on any atom is -0.493 e. The van der Waals surface area contributed by atoms with E-state index < -0.39 is 0 Å². The first-order valence-electron chi connectivity index (χ1n) is 10.5. The predicted molar refractivity (Wildman–Crippen MR) is 124 cm³/mol. The third kappa shape index (κ3) is 7.46. The van der Waals surface area contributed by atoms with Crippen molar-refractivity contribution in [1.29, 1.82) is 0 Å². The molecule has 1 aromatic heterocycles. The molecule has 2 aromatic rings. The number of aromatic nitrogens is 1. The summed E-state index contributed by atoms with van der Waals surface area (Å²) in [5, 5.41) is 6.70. The van der Waals surface area contributed by atoms with Crippen LogP contribution in [0.15, 0.2) is 41.4 Å². The lowest BCUT2D eigenvalue weighted by Crippen LogP contribution is -2.37. The average Bonchev–Trinajstić information content (AvgIpc) is 2.75. The van der Waals surface area contributed by atoms with E-state index in [-0.39, 0.29) is 0 Å². The molecule has 1 aromatic carbocycles. The maximum absolute atomic E-state index is 5.66. The van der Waals surface area contributed by atoms with Crippen LogP contribution in [0.2, 0.25) is 0 Å². The van der Waals surface area contributed by atoms with E-state index in [2.05, 4.69) is 39.7 Å². The van der Waals surface area contributed by atoms with Crippen LogP contribution in [-0.2, 0) is 13.0 Å². The first-order valence-corrected chi connectivity index (χ1v) is 10.5. The van der Waals surface area contributed by atoms with Gasteiger partial charge in [-0.15, -0.1) is 0 Å². The van der Waals surface area contributed by atoms with Gasteiger partial charge in [-0.2, -0.15) is 0 Å². The molecule has 7 heteroatoms. The van der Waals surface area contributed by atoms with E-state index in [0.29, 0.717) is 13.2 Å². The van der Waals surface area contributed by atoms with Gasteiger partial charge in [0.15, 0.2) is 17.5 Å². The zero-order chi connectivity index (χ0) is 21.8. The van der Waals surface area contributed by atoms with E-state index in [0.717, 1.165) is 54.9 Å². The molecule has 2 rings (SSSR count). The van der Waals surface area contributed by atoms with Crippen molar-refractivity contribution in [3.8, 4) is 11.5 Å². The summed E-state index contributed by atoms with van der Waals surface area (Å²) in [6.45, 7) is 6.84. The second kappa shape index (κ2) is 12.6. The summed E-state index contributed by atoms with van der Waals surface area (Å²) in [6.07, 6.45) is 1.93. The van der Waals surface area contributed by atoms with Crippen LogP contribution < -0.4 is 25.0 Å². The van der Waals surface area contributed by atoms with Crippen molar-refractivity contribution in [2.24, 2.45) is 4.99 Å². The molecule has 0 radical (unpaired) electrons. The number of aliphatic imine (C=N–C) groups is 1. The Morgan fingerprint density at radius 1 is 1.10 bits per heavy atom. The number of hydrogen-bond acceptors (Lipinski definition) is 5. The van der Waals surface area contributed by atoms with E-state index in [4.69, 9.17) is 9.47 Å². The third-order valence-corrected chi connectivity index (χ3v) is 4.46. The molecule has 164 valence electrons. The highest BCUT2D eigenvalue weighted by Gasteiger charge is 2.06. The lowest BCUT2D eigenvalue weighted by atomic mass is 10.1. The maximum Gasteiger partial charge on any atom is 0.191 e. The maximum atomic E-state index is 5.66. The van der Waals surface area contributed by atoms with Crippen LogP contribution in [0.5, 0.6) is 11.5 Å². The molecule has 2 N–H and O–H groups in total. The van der Waals surface area contributed by atoms with Gasteiger partial charge in [-0.25, -0.2) is 9.98 Å². The monoisotopic (exact) mass is 413 g/mol. The Hall–Kier alpha value is -2.96. The zero-order valence-corrected chi connectivity index (χ0v) is 18.9. The standard InChI is InChI=1S/C23H35N5O2/c1-6-24-23(26-17-19-11-8-12-22(27-19)28(3)4)25-15-9-10-18-13-14-20(29-5)21(16-18)30-7-2/h8,11-14,16H,6-7,9-10,15,17H2,1-5H3,(H2,24,25,26). The first-order chi connectivity index (χ1) is 14.6. The number of rotatable bonds is 11. The van der Waals surface area contributed by atoms with Gasteiger partial charge < -0.3 is 25.0 Å². The molecule has 0 saturated carbocycles. The Bertz CT molecular complexity index is 808. The van der Waals surface area contributed by atoms with E-state index in [9.17, 15) is 0 Å². The number of nitrogens with zero attached hydrogens (tertiary/aromatic N) is 3. The average molecular weight is 414 g/mol. The molecule has 0 aliphatic heterocycles. The molecular weight excluding hydrogens is 378 g/mol. The highest BCUT2D eigenvalue weighted by Crippen LogP contribution is 2.28. The number of guanidine groups is 1. The molecule has 0 atom stereocenters. The minimum absolute atomic E-state index is 0.535. The second-order valence-corrected chi connectivity index (χ2v) is 7.03. The van der Waals surface area contributed by atoms with Crippen LogP contribution in [0.3, 0.4) is 0 Å². The number of pyridine rings is 1. The lowest BCUT2D eigenvalue weighted by molar-refractivity contribution is 0.310. The molecule has 0 aliphatic rings. The number of methoxy groups -OCH3 is 1. The molecule has 0 bridgehead atoms. The number of benzene rings is 1. The van der Waals surface area contributed by atoms with Crippen LogP contribution >= 0.6 is 0 Å². The van der Waals surface area contributed by atoms with Gasteiger partial charge in [-0.1, -0.05) is 12.1 Å². The van der Waals surface area contributed by atoms with Gasteiger partial charge in [0.2, 0.25) is 0 Å². The summed E-state index contributed by atoms with van der Waals surface area (Å²) < 4.78 is 11.0. The minimum atomic E-state index is 0.535. The van der Waals surface area contributed by atoms with Crippen LogP contribution in [-0.4, -0.2) is 51.8 Å². The first kappa shape index (κ1) is 23.3. The molecule has 0 spiro atoms. The van der Waals surface area contributed by atoms with E-state index in [1.54, 1.807) is 7.11 Å². The SMILES string of the molecule is CCNC(=NCc1cccc(N(C)C)n1)NCCCc1ccc(OC)c(OCC)c1. The Morgan fingerprint density at radius 2 is 1.93 bits per heavy atom. The fourth-order valence-electron chi connectivity index (χ4n) is 2.95. The van der Waals surface area contributed by atoms with Crippen LogP contribution in [0, 0.1) is 0 Å². The summed E-state index contributed by atoms with van der Waals surface area (Å²) >= 11 is 0. The molecule has 0 amide bonds. The Kier molecular flexibility index (Phi) is 9.77. The third-order valence-electron chi connectivity index (χ3n) is 4.46. The van der Waals surface area contributed by atoms with Gasteiger partial charge in [0.25, 0.3) is 0 Å². The zero-order valence-electron chi connectivity index (χ0n) is 18.9. The summed E-state index contributed by atoms with van der Waals surface area (Å²) in [5.41, 5.74) is 2.17. The number of anilines is 1. The fourth-order valence-corrected chi connectivity index (χ4v) is 2.95. The molecule has 30 heavy (non-hydrogen) atoms. The largest absolute Gasteiger partial charge is 0.493 e. The number of ether oxygens (including phenoxy) is 2. The van der Waals surface area contributed by atoms with Gasteiger partial charge in [-0.3, -0.25) is 0 Å². The molecule has 0 fully saturated rings. The highest BCUT2D eigenvalue weighted by atomic mass is 16.5. The van der Waals surface area contributed by atoms with Crippen molar-refractivity contribution in [3.05, 3.63) is 47.7 Å². The van der Waals surface area contributed by atoms with Crippen LogP contribution in [0.25, 0.3) is 0 Å².